The van der Waals surface area contributed by atoms with Gasteiger partial charge in [-0.1, -0.05) is 6.92 Å². The van der Waals surface area contributed by atoms with Crippen LogP contribution in [-0.2, 0) is 4.79 Å². The summed E-state index contributed by atoms with van der Waals surface area (Å²) in [4.78, 5) is 11.1. The summed E-state index contributed by atoms with van der Waals surface area (Å²) in [6.45, 7) is 3.94. The molecule has 0 aromatic heterocycles. The number of hydrogen-bond acceptors (Lipinski definition) is 1. The molecular weight excluding hydrogens is 148 g/mol. The van der Waals surface area contributed by atoms with Gasteiger partial charge in [-0.25, -0.2) is 0 Å². The van der Waals surface area contributed by atoms with E-state index in [9.17, 15) is 4.79 Å². The first-order valence-electron chi connectivity index (χ1n) is 3.53. The van der Waals surface area contributed by atoms with Gasteiger partial charge >= 0.3 is 0 Å². The summed E-state index contributed by atoms with van der Waals surface area (Å²) in [7, 11) is 0. The fourth-order valence-corrected chi connectivity index (χ4v) is 1.60. The summed E-state index contributed by atoms with van der Waals surface area (Å²) in [5, 5.41) is -0.0255. The third-order valence-electron chi connectivity index (χ3n) is 2.00. The maximum Gasteiger partial charge on any atom is 0.160 e. The number of halogens is 1. The molecule has 1 aliphatic rings. The van der Waals surface area contributed by atoms with Gasteiger partial charge in [0.15, 0.2) is 5.78 Å². The van der Waals surface area contributed by atoms with Crippen LogP contribution in [0, 0.1) is 0 Å². The van der Waals surface area contributed by atoms with Gasteiger partial charge in [-0.2, -0.15) is 0 Å². The number of hydrogen-bond donors (Lipinski definition) is 0. The zero-order chi connectivity index (χ0) is 7.72. The van der Waals surface area contributed by atoms with Gasteiger partial charge in [-0.05, 0) is 24.5 Å². The number of carbonyl (C=O) groups excluding carboxylic acids is 1. The van der Waals surface area contributed by atoms with Crippen molar-refractivity contribution in [1.82, 2.24) is 0 Å². The van der Waals surface area contributed by atoms with E-state index < -0.39 is 0 Å². The summed E-state index contributed by atoms with van der Waals surface area (Å²) >= 11 is 5.85. The Kier molecular flexibility index (Phi) is 2.14. The normalized spacial score (nSPS) is 26.3. The van der Waals surface area contributed by atoms with Crippen molar-refractivity contribution < 1.29 is 4.79 Å². The fraction of sp³-hybridized carbons (Fsp3) is 0.625. The molecule has 0 N–H and O–H groups in total. The first kappa shape index (κ1) is 7.80. The minimum atomic E-state index is -0.0255. The first-order chi connectivity index (χ1) is 4.66. The average Bonchev–Trinajstić information content (AvgIpc) is 2.09. The molecule has 1 atom stereocenters. The molecule has 0 heterocycles. The maximum atomic E-state index is 11.1. The van der Waals surface area contributed by atoms with Crippen molar-refractivity contribution in [1.29, 1.82) is 0 Å². The summed E-state index contributed by atoms with van der Waals surface area (Å²) in [6.07, 6.45) is 1.34. The number of carbonyl (C=O) groups is 1. The Hall–Kier alpha value is -0.300. The van der Waals surface area contributed by atoms with Crippen LogP contribution in [0.5, 0.6) is 0 Å². The molecule has 0 bridgehead atoms. The molecule has 0 saturated carbocycles. The summed E-state index contributed by atoms with van der Waals surface area (Å²) in [6, 6.07) is 0. The predicted molar refractivity (Wildman–Crippen MR) is 42.3 cm³/mol. The van der Waals surface area contributed by atoms with Crippen LogP contribution < -0.4 is 0 Å². The lowest BCUT2D eigenvalue weighted by Crippen LogP contribution is -1.96. The van der Waals surface area contributed by atoms with E-state index in [1.807, 2.05) is 13.8 Å². The Morgan fingerprint density at radius 2 is 2.30 bits per heavy atom. The molecule has 0 aromatic rings. The highest BCUT2D eigenvalue weighted by atomic mass is 35.5. The van der Waals surface area contributed by atoms with Crippen LogP contribution in [0.15, 0.2) is 11.1 Å². The second kappa shape index (κ2) is 2.75. The molecule has 56 valence electrons. The zero-order valence-electron chi connectivity index (χ0n) is 6.28. The Balaban J connectivity index is 2.90. The van der Waals surface area contributed by atoms with Crippen LogP contribution in [0.1, 0.15) is 26.7 Å². The molecule has 10 heavy (non-hydrogen) atoms. The Morgan fingerprint density at radius 1 is 1.70 bits per heavy atom. The molecule has 0 saturated heterocycles. The molecule has 0 fully saturated rings. The number of rotatable bonds is 1. The minimum Gasteiger partial charge on any atom is -0.294 e. The molecular formula is C8H11ClO. The van der Waals surface area contributed by atoms with E-state index in [1.165, 1.54) is 0 Å². The van der Waals surface area contributed by atoms with E-state index in [0.717, 1.165) is 17.6 Å². The first-order valence-corrected chi connectivity index (χ1v) is 3.97. The van der Waals surface area contributed by atoms with Gasteiger partial charge in [-0.15, -0.1) is 11.6 Å². The van der Waals surface area contributed by atoms with Crippen molar-refractivity contribution in [2.24, 2.45) is 0 Å². The number of Topliss-reactive ketones (excluding diaryl/α,β-unsaturated/α-hetero) is 1. The van der Waals surface area contributed by atoms with Gasteiger partial charge in [0.05, 0.1) is 5.38 Å². The molecule has 1 aliphatic carbocycles. The van der Waals surface area contributed by atoms with Crippen molar-refractivity contribution in [3.05, 3.63) is 11.1 Å². The number of alkyl halides is 1. The van der Waals surface area contributed by atoms with Gasteiger partial charge in [0, 0.05) is 6.42 Å². The molecule has 1 unspecified atom stereocenters. The number of allylic oxidation sites excluding steroid dienone is 2. The molecule has 1 rings (SSSR count). The minimum absolute atomic E-state index is 0.0255. The van der Waals surface area contributed by atoms with Gasteiger partial charge in [-0.3, -0.25) is 4.79 Å². The lowest BCUT2D eigenvalue weighted by atomic mass is 10.1. The van der Waals surface area contributed by atoms with Crippen LogP contribution in [0.25, 0.3) is 0 Å². The van der Waals surface area contributed by atoms with Crippen molar-refractivity contribution in [2.45, 2.75) is 32.1 Å². The van der Waals surface area contributed by atoms with Crippen LogP contribution in [0.3, 0.4) is 0 Å². The van der Waals surface area contributed by atoms with Gasteiger partial charge in [0.2, 0.25) is 0 Å². The second-order valence-corrected chi connectivity index (χ2v) is 3.14. The average molecular weight is 159 g/mol. The van der Waals surface area contributed by atoms with Crippen LogP contribution in [-0.4, -0.2) is 11.2 Å². The molecule has 0 radical (unpaired) electrons. The number of ketones is 1. The molecule has 0 aliphatic heterocycles. The Labute approximate surface area is 66.1 Å². The Morgan fingerprint density at radius 3 is 2.50 bits per heavy atom. The second-order valence-electron chi connectivity index (χ2n) is 2.61. The zero-order valence-corrected chi connectivity index (χ0v) is 7.03. The van der Waals surface area contributed by atoms with E-state index in [4.69, 9.17) is 11.6 Å². The van der Waals surface area contributed by atoms with Crippen LogP contribution >= 0.6 is 11.6 Å². The van der Waals surface area contributed by atoms with E-state index in [0.29, 0.717) is 6.42 Å². The van der Waals surface area contributed by atoms with Gasteiger partial charge in [0.1, 0.15) is 0 Å². The third-order valence-corrected chi connectivity index (χ3v) is 2.48. The van der Waals surface area contributed by atoms with Crippen molar-refractivity contribution in [3.8, 4) is 0 Å². The lowest BCUT2D eigenvalue weighted by molar-refractivity contribution is -0.114. The van der Waals surface area contributed by atoms with Crippen LogP contribution in [0.4, 0.5) is 0 Å². The van der Waals surface area contributed by atoms with E-state index in [-0.39, 0.29) is 11.2 Å². The smallest absolute Gasteiger partial charge is 0.160 e. The molecule has 0 amide bonds. The highest BCUT2D eigenvalue weighted by molar-refractivity contribution is 6.26. The van der Waals surface area contributed by atoms with Gasteiger partial charge in [0.25, 0.3) is 0 Å². The van der Waals surface area contributed by atoms with Crippen molar-refractivity contribution in [3.63, 3.8) is 0 Å². The molecule has 2 heteroatoms. The maximum absolute atomic E-state index is 11.1. The summed E-state index contributed by atoms with van der Waals surface area (Å²) in [5.74, 6) is 0.236. The largest absolute Gasteiger partial charge is 0.294 e. The Bertz CT molecular complexity index is 193. The van der Waals surface area contributed by atoms with Crippen LogP contribution in [0.2, 0.25) is 0 Å². The van der Waals surface area contributed by atoms with E-state index >= 15 is 0 Å². The standard InChI is InChI=1S/C8H11ClO/c1-3-6-5(2)7(9)4-8(6)10/h7H,3-4H2,1-2H3. The molecule has 1 nitrogen and oxygen atoms in total. The summed E-state index contributed by atoms with van der Waals surface area (Å²) < 4.78 is 0. The van der Waals surface area contributed by atoms with E-state index in [1.54, 1.807) is 0 Å². The molecule has 0 aromatic carbocycles. The molecule has 0 spiro atoms. The monoisotopic (exact) mass is 158 g/mol. The highest BCUT2D eigenvalue weighted by Crippen LogP contribution is 2.28. The van der Waals surface area contributed by atoms with E-state index in [2.05, 4.69) is 0 Å². The highest BCUT2D eigenvalue weighted by Gasteiger charge is 2.26. The fourth-order valence-electron chi connectivity index (χ4n) is 1.32. The SMILES string of the molecule is CCC1=C(C)C(Cl)CC1=O. The third kappa shape index (κ3) is 1.10. The quantitative estimate of drug-likeness (QED) is 0.536. The predicted octanol–water partition coefficient (Wildman–Crippen LogP) is 2.29. The van der Waals surface area contributed by atoms with Crippen molar-refractivity contribution >= 4 is 17.4 Å². The lowest BCUT2D eigenvalue weighted by Gasteiger charge is -1.97. The summed E-state index contributed by atoms with van der Waals surface area (Å²) in [5.41, 5.74) is 2.02. The topological polar surface area (TPSA) is 17.1 Å². The van der Waals surface area contributed by atoms with Gasteiger partial charge < -0.3 is 0 Å². The van der Waals surface area contributed by atoms with Crippen molar-refractivity contribution in [2.75, 3.05) is 0 Å².